The van der Waals surface area contributed by atoms with Crippen molar-refractivity contribution >= 4 is 5.97 Å². The normalized spacial score (nSPS) is 10.6. The molecule has 1 radical (unpaired) electrons. The van der Waals surface area contributed by atoms with Crippen LogP contribution in [-0.4, -0.2) is 29.4 Å². The zero-order valence-electron chi connectivity index (χ0n) is 20.2. The molecule has 2 N–H and O–H groups in total. The molecule has 0 unspecified atom stereocenters. The fourth-order valence-electron chi connectivity index (χ4n) is 3.67. The Morgan fingerprint density at radius 3 is 2.32 bits per heavy atom. The molecule has 0 spiro atoms. The highest BCUT2D eigenvalue weighted by Crippen LogP contribution is 2.36. The lowest BCUT2D eigenvalue weighted by molar-refractivity contribution is 0.0697. The molecule has 0 fully saturated rings. The minimum absolute atomic E-state index is 0.0686. The van der Waals surface area contributed by atoms with Crippen LogP contribution in [0.4, 0.5) is 4.39 Å². The summed E-state index contributed by atoms with van der Waals surface area (Å²) in [5, 5.41) is 19.5. The molecule has 0 saturated carbocycles. The monoisotopic (exact) mass is 501 g/mol. The minimum atomic E-state index is -0.998. The van der Waals surface area contributed by atoms with Crippen LogP contribution >= 0.6 is 0 Å². The quantitative estimate of drug-likeness (QED) is 0.218. The van der Waals surface area contributed by atoms with Gasteiger partial charge in [0.1, 0.15) is 34.6 Å². The van der Waals surface area contributed by atoms with Crippen LogP contribution in [0.15, 0.2) is 78.9 Å². The zero-order chi connectivity index (χ0) is 26.2. The summed E-state index contributed by atoms with van der Waals surface area (Å²) in [5.74, 6) is 0.789. The Bertz CT molecular complexity index is 1350. The van der Waals surface area contributed by atoms with E-state index in [1.165, 1.54) is 24.3 Å². The van der Waals surface area contributed by atoms with E-state index >= 15 is 0 Å². The van der Waals surface area contributed by atoms with Crippen LogP contribution in [0.25, 0.3) is 11.1 Å². The fourth-order valence-corrected chi connectivity index (χ4v) is 3.67. The number of hydrogen-bond donors (Lipinski definition) is 2. The third kappa shape index (κ3) is 6.79. The smallest absolute Gasteiger partial charge is 0.335 e. The maximum Gasteiger partial charge on any atom is 0.335 e. The van der Waals surface area contributed by atoms with Gasteiger partial charge in [-0.2, -0.15) is 0 Å². The van der Waals surface area contributed by atoms with E-state index in [4.69, 9.17) is 19.3 Å². The number of hydrogen-bond acceptors (Lipinski definition) is 5. The van der Waals surface area contributed by atoms with Crippen LogP contribution in [0.3, 0.4) is 0 Å². The lowest BCUT2D eigenvalue weighted by atomic mass is 10.00. The molecule has 189 valence electrons. The number of rotatable bonds is 11. The molecule has 0 atom stereocenters. The number of carboxylic acid groups (broad SMARTS) is 1. The van der Waals surface area contributed by atoms with Crippen LogP contribution in [0, 0.1) is 11.9 Å². The second-order valence-electron chi connectivity index (χ2n) is 8.20. The predicted octanol–water partition coefficient (Wildman–Crippen LogP) is 6.90. The first-order chi connectivity index (χ1) is 17.9. The van der Waals surface area contributed by atoms with Crippen molar-refractivity contribution in [2.75, 3.05) is 13.2 Å². The number of benzene rings is 4. The van der Waals surface area contributed by atoms with Crippen LogP contribution in [0.1, 0.15) is 29.3 Å². The number of aryl methyl sites for hydroxylation is 1. The summed E-state index contributed by atoms with van der Waals surface area (Å²) in [5.41, 5.74) is 2.48. The average Bonchev–Trinajstić information content (AvgIpc) is 2.90. The number of phenols is 1. The first-order valence-electron chi connectivity index (χ1n) is 11.8. The molecule has 0 aromatic heterocycles. The van der Waals surface area contributed by atoms with E-state index in [-0.39, 0.29) is 17.1 Å². The second-order valence-corrected chi connectivity index (χ2v) is 8.20. The Morgan fingerprint density at radius 1 is 0.919 bits per heavy atom. The summed E-state index contributed by atoms with van der Waals surface area (Å²) < 4.78 is 30.7. The van der Waals surface area contributed by atoms with Crippen molar-refractivity contribution in [1.82, 2.24) is 0 Å². The van der Waals surface area contributed by atoms with Gasteiger partial charge in [0.15, 0.2) is 0 Å². The Kier molecular flexibility index (Phi) is 8.26. The molecule has 0 aliphatic rings. The molecule has 0 saturated heterocycles. The first kappa shape index (κ1) is 25.6. The Balaban J connectivity index is 1.29. The number of carbonyl (C=O) groups is 1. The lowest BCUT2D eigenvalue weighted by Gasteiger charge is -2.14. The molecule has 6 nitrogen and oxygen atoms in total. The zero-order valence-corrected chi connectivity index (χ0v) is 20.2. The Morgan fingerprint density at radius 2 is 1.62 bits per heavy atom. The number of ether oxygens (including phenoxy) is 3. The van der Waals surface area contributed by atoms with E-state index in [9.17, 15) is 14.3 Å². The van der Waals surface area contributed by atoms with E-state index in [1.807, 2.05) is 13.0 Å². The second kappa shape index (κ2) is 11.9. The molecule has 0 aliphatic heterocycles. The SMILES string of the molecule is CCc1cc(-c2ccc(F)cc2)c(O)cc1OCCCOc1[c]c(Oc2ccc(C(=O)O)cc2)ccc1. The van der Waals surface area contributed by atoms with Gasteiger partial charge in [0.25, 0.3) is 0 Å². The molecule has 0 aliphatic carbocycles. The van der Waals surface area contributed by atoms with Crippen LogP contribution < -0.4 is 14.2 Å². The summed E-state index contributed by atoms with van der Waals surface area (Å²) in [7, 11) is 0. The molecule has 37 heavy (non-hydrogen) atoms. The lowest BCUT2D eigenvalue weighted by Crippen LogP contribution is -2.06. The van der Waals surface area contributed by atoms with Gasteiger partial charge in [-0.1, -0.05) is 25.1 Å². The summed E-state index contributed by atoms with van der Waals surface area (Å²) in [6, 6.07) is 23.9. The molecule has 4 aromatic carbocycles. The van der Waals surface area contributed by atoms with Crippen LogP contribution in [-0.2, 0) is 6.42 Å². The van der Waals surface area contributed by atoms with Crippen molar-refractivity contribution in [2.24, 2.45) is 0 Å². The number of aromatic hydroxyl groups is 1. The predicted molar refractivity (Wildman–Crippen MR) is 137 cm³/mol. The van der Waals surface area contributed by atoms with Crippen molar-refractivity contribution < 1.29 is 33.6 Å². The molecule has 0 bridgehead atoms. The number of carboxylic acids is 1. The van der Waals surface area contributed by atoms with Crippen molar-refractivity contribution in [1.29, 1.82) is 0 Å². The van der Waals surface area contributed by atoms with E-state index in [1.54, 1.807) is 48.5 Å². The van der Waals surface area contributed by atoms with E-state index in [0.717, 1.165) is 11.1 Å². The highest BCUT2D eigenvalue weighted by Gasteiger charge is 2.12. The Labute approximate surface area is 214 Å². The van der Waals surface area contributed by atoms with Crippen LogP contribution in [0.5, 0.6) is 28.7 Å². The van der Waals surface area contributed by atoms with Crippen molar-refractivity contribution in [3.63, 3.8) is 0 Å². The van der Waals surface area contributed by atoms with Gasteiger partial charge in [0, 0.05) is 18.1 Å². The van der Waals surface area contributed by atoms with Gasteiger partial charge in [0.05, 0.1) is 24.8 Å². The molecule has 0 amide bonds. The molecule has 4 rings (SSSR count). The maximum absolute atomic E-state index is 13.2. The van der Waals surface area contributed by atoms with Gasteiger partial charge >= 0.3 is 5.97 Å². The number of aromatic carboxylic acids is 1. The topological polar surface area (TPSA) is 85.2 Å². The third-order valence-corrected chi connectivity index (χ3v) is 5.59. The summed E-state index contributed by atoms with van der Waals surface area (Å²) in [6.07, 6.45) is 1.31. The van der Waals surface area contributed by atoms with Crippen LogP contribution in [0.2, 0.25) is 0 Å². The summed E-state index contributed by atoms with van der Waals surface area (Å²) in [6.45, 7) is 2.77. The van der Waals surface area contributed by atoms with Crippen molar-refractivity contribution in [3.05, 3.63) is 102 Å². The molecular weight excluding hydrogens is 475 g/mol. The number of halogens is 1. The minimum Gasteiger partial charge on any atom is -0.507 e. The highest BCUT2D eigenvalue weighted by molar-refractivity contribution is 5.87. The summed E-state index contributed by atoms with van der Waals surface area (Å²) >= 11 is 0. The number of phenolic OH excluding ortho intramolecular Hbond substituents is 1. The molecule has 7 heteroatoms. The standard InChI is InChI=1S/C30H26FO6/c1-2-20-17-27(21-7-11-23(31)12-8-21)28(32)19-29(20)36-16-4-15-35-25-5-3-6-26(18-25)37-24-13-9-22(10-14-24)30(33)34/h3,5-14,17,19,32H,2,4,15-16H2,1H3,(H,33,34). The average molecular weight is 502 g/mol. The van der Waals surface area contributed by atoms with Gasteiger partial charge in [-0.05, 0) is 72.1 Å². The largest absolute Gasteiger partial charge is 0.507 e. The van der Waals surface area contributed by atoms with Crippen molar-refractivity contribution in [2.45, 2.75) is 19.8 Å². The van der Waals surface area contributed by atoms with Gasteiger partial charge in [-0.15, -0.1) is 0 Å². The van der Waals surface area contributed by atoms with Gasteiger partial charge < -0.3 is 24.4 Å². The van der Waals surface area contributed by atoms with E-state index in [2.05, 4.69) is 6.07 Å². The molecule has 0 heterocycles. The van der Waals surface area contributed by atoms with E-state index in [0.29, 0.717) is 54.6 Å². The maximum atomic E-state index is 13.2. The highest BCUT2D eigenvalue weighted by atomic mass is 19.1. The Hall–Kier alpha value is -4.52. The summed E-state index contributed by atoms with van der Waals surface area (Å²) in [4.78, 5) is 11.0. The first-order valence-corrected chi connectivity index (χ1v) is 11.8. The third-order valence-electron chi connectivity index (χ3n) is 5.59. The molecule has 4 aromatic rings. The van der Waals surface area contributed by atoms with Gasteiger partial charge in [-0.25, -0.2) is 9.18 Å². The van der Waals surface area contributed by atoms with Crippen molar-refractivity contribution in [3.8, 4) is 39.9 Å². The molecular formula is C30H26FO6. The fraction of sp³-hybridized carbons (Fsp3) is 0.167. The van der Waals surface area contributed by atoms with Gasteiger partial charge in [0.2, 0.25) is 0 Å². The van der Waals surface area contributed by atoms with Gasteiger partial charge in [-0.3, -0.25) is 0 Å². The van der Waals surface area contributed by atoms with E-state index < -0.39 is 5.97 Å².